The molecule has 1 unspecified atom stereocenters. The number of nitrogens with one attached hydrogen (secondary N) is 1. The van der Waals surface area contributed by atoms with Gasteiger partial charge >= 0.3 is 0 Å². The van der Waals surface area contributed by atoms with Gasteiger partial charge in [-0.25, -0.2) is 4.68 Å². The molecule has 1 aliphatic heterocycles. The van der Waals surface area contributed by atoms with E-state index in [0.29, 0.717) is 18.7 Å². The number of aliphatic hydroxyl groups is 2. The third-order valence-corrected chi connectivity index (χ3v) is 8.84. The third kappa shape index (κ3) is 10.1. The first kappa shape index (κ1) is 38.0. The molecule has 0 spiro atoms. The summed E-state index contributed by atoms with van der Waals surface area (Å²) in [5, 5.41) is 44.0. The maximum absolute atomic E-state index is 13.2. The molecule has 0 radical (unpaired) electrons. The summed E-state index contributed by atoms with van der Waals surface area (Å²) in [6.07, 6.45) is 2.79. The largest absolute Gasteiger partial charge is 0.390 e. The number of nitrogens with zero attached hydrogens (tertiary/aromatic N) is 5. The number of rotatable bonds is 16. The Labute approximate surface area is 289 Å². The van der Waals surface area contributed by atoms with Gasteiger partial charge in [-0.15, -0.1) is 5.10 Å². The maximum Gasteiger partial charge on any atom is 0.262 e. The van der Waals surface area contributed by atoms with Gasteiger partial charge in [0.15, 0.2) is 6.29 Å². The Morgan fingerprint density at radius 3 is 2.51 bits per heavy atom. The SMILES string of the molecule is CCCN(CCC)c1ccc2cc(/C=C(\C#N)C(=O)NC(C)(C)CCOC(C)(C)c3cn(C[C@H]4O[C@H](OC)CC(O)[C@@H]4O)nn3)ccc2c1. The summed E-state index contributed by atoms with van der Waals surface area (Å²) in [7, 11) is 1.49. The number of aromatic nitrogens is 3. The van der Waals surface area contributed by atoms with Gasteiger partial charge in [0, 0.05) is 37.8 Å². The first-order valence-corrected chi connectivity index (χ1v) is 17.1. The van der Waals surface area contributed by atoms with Gasteiger partial charge in [0.2, 0.25) is 0 Å². The minimum atomic E-state index is -1.08. The van der Waals surface area contributed by atoms with E-state index in [0.717, 1.165) is 42.3 Å². The van der Waals surface area contributed by atoms with Gasteiger partial charge in [-0.05, 0) is 87.6 Å². The Morgan fingerprint density at radius 1 is 1.14 bits per heavy atom. The number of ether oxygens (including phenoxy) is 3. The van der Waals surface area contributed by atoms with Crippen LogP contribution in [0.1, 0.15) is 78.5 Å². The molecular weight excluding hydrogens is 624 g/mol. The number of hydrogen-bond donors (Lipinski definition) is 3. The van der Waals surface area contributed by atoms with Gasteiger partial charge in [0.25, 0.3) is 5.91 Å². The molecule has 4 rings (SSSR count). The normalized spacial score (nSPS) is 20.3. The van der Waals surface area contributed by atoms with E-state index in [1.807, 2.05) is 45.9 Å². The standard InChI is InChI=1S/C37H52N6O6/c1-8-15-42(16-9-2)29-13-12-26-18-25(10-11-27(26)20-29)19-28(22-38)35(46)39-36(3,4)14-17-48-37(5,6)32-24-43(41-40-32)23-31-34(45)30(44)21-33(47-7)49-31/h10-13,18-20,24,30-31,33-34,44-45H,8-9,14-17,21,23H2,1-7H3,(H,39,46)/b28-19+/t30?,31-,33+,34+/m1/s1. The number of fused-ring (bicyclic) bond motifs is 1. The van der Waals surface area contributed by atoms with Crippen LogP contribution >= 0.6 is 0 Å². The first-order valence-electron chi connectivity index (χ1n) is 17.1. The molecule has 1 amide bonds. The molecule has 12 nitrogen and oxygen atoms in total. The van der Waals surface area contributed by atoms with E-state index in [4.69, 9.17) is 14.2 Å². The van der Waals surface area contributed by atoms with Gasteiger partial charge in [-0.3, -0.25) is 4.79 Å². The number of carbonyl (C=O) groups excluding carboxylic acids is 1. The molecule has 0 aliphatic carbocycles. The van der Waals surface area contributed by atoms with Crippen LogP contribution in [0.3, 0.4) is 0 Å². The van der Waals surface area contributed by atoms with Crippen molar-refractivity contribution in [2.75, 3.05) is 31.7 Å². The second-order valence-corrected chi connectivity index (χ2v) is 13.9. The molecule has 0 bridgehead atoms. The second kappa shape index (κ2) is 16.7. The Hall–Kier alpha value is -3.86. The zero-order valence-corrected chi connectivity index (χ0v) is 29.8. The number of nitriles is 1. The van der Waals surface area contributed by atoms with E-state index in [-0.39, 0.29) is 18.5 Å². The number of methoxy groups -OCH3 is 1. The number of benzene rings is 2. The van der Waals surface area contributed by atoms with E-state index in [1.165, 1.54) is 12.8 Å². The van der Waals surface area contributed by atoms with Gasteiger partial charge in [-0.1, -0.05) is 37.3 Å². The molecule has 3 N–H and O–H groups in total. The molecule has 266 valence electrons. The lowest BCUT2D eigenvalue weighted by Gasteiger charge is -2.36. The molecular formula is C37H52N6O6. The van der Waals surface area contributed by atoms with Crippen LogP contribution in [0.2, 0.25) is 0 Å². The van der Waals surface area contributed by atoms with Crippen LogP contribution in [0, 0.1) is 11.3 Å². The van der Waals surface area contributed by atoms with E-state index >= 15 is 0 Å². The van der Waals surface area contributed by atoms with Crippen LogP contribution in [0.4, 0.5) is 5.69 Å². The van der Waals surface area contributed by atoms with Crippen LogP contribution in [0.15, 0.2) is 48.2 Å². The summed E-state index contributed by atoms with van der Waals surface area (Å²) in [5.41, 5.74) is 1.10. The molecule has 2 heterocycles. The summed E-state index contributed by atoms with van der Waals surface area (Å²) in [5.74, 6) is -0.451. The maximum atomic E-state index is 13.2. The molecule has 3 aromatic rings. The van der Waals surface area contributed by atoms with Crippen molar-refractivity contribution in [2.45, 2.75) is 110 Å². The minimum absolute atomic E-state index is 0.0235. The number of hydrogen-bond acceptors (Lipinski definition) is 10. The predicted octanol–water partition coefficient (Wildman–Crippen LogP) is 4.68. The Balaban J connectivity index is 1.33. The quantitative estimate of drug-likeness (QED) is 0.144. The summed E-state index contributed by atoms with van der Waals surface area (Å²) < 4.78 is 18.7. The molecule has 4 atom stereocenters. The van der Waals surface area contributed by atoms with Gasteiger partial charge in [-0.2, -0.15) is 5.26 Å². The molecule has 0 saturated carbocycles. The lowest BCUT2D eigenvalue weighted by atomic mass is 9.99. The molecule has 1 aliphatic rings. The summed E-state index contributed by atoms with van der Waals surface area (Å²) in [4.78, 5) is 15.6. The van der Waals surface area contributed by atoms with E-state index in [2.05, 4.69) is 58.6 Å². The fourth-order valence-corrected chi connectivity index (χ4v) is 5.90. The number of aliphatic hydroxyl groups excluding tert-OH is 2. The number of anilines is 1. The fraction of sp³-hybridized carbons (Fsp3) is 0.568. The monoisotopic (exact) mass is 676 g/mol. The van der Waals surface area contributed by atoms with Gasteiger partial charge in [0.1, 0.15) is 35.1 Å². The molecule has 1 saturated heterocycles. The molecule has 12 heteroatoms. The summed E-state index contributed by atoms with van der Waals surface area (Å²) >= 11 is 0. The van der Waals surface area contributed by atoms with Crippen LogP contribution in [-0.4, -0.2) is 88.1 Å². The van der Waals surface area contributed by atoms with Crippen molar-refractivity contribution >= 4 is 28.4 Å². The Morgan fingerprint density at radius 2 is 1.84 bits per heavy atom. The average Bonchev–Trinajstić information content (AvgIpc) is 3.54. The highest BCUT2D eigenvalue weighted by atomic mass is 16.7. The lowest BCUT2D eigenvalue weighted by Crippen LogP contribution is -2.50. The van der Waals surface area contributed by atoms with Crippen molar-refractivity contribution in [1.29, 1.82) is 5.26 Å². The molecule has 1 fully saturated rings. The minimum Gasteiger partial charge on any atom is -0.390 e. The zero-order chi connectivity index (χ0) is 35.8. The fourth-order valence-electron chi connectivity index (χ4n) is 5.90. The summed E-state index contributed by atoms with van der Waals surface area (Å²) in [6.45, 7) is 14.4. The van der Waals surface area contributed by atoms with Gasteiger partial charge in [0.05, 0.1) is 25.5 Å². The topological polar surface area (TPSA) is 155 Å². The highest BCUT2D eigenvalue weighted by Gasteiger charge is 2.37. The van der Waals surface area contributed by atoms with E-state index < -0.39 is 41.6 Å². The van der Waals surface area contributed by atoms with E-state index in [9.17, 15) is 20.3 Å². The van der Waals surface area contributed by atoms with E-state index in [1.54, 1.807) is 17.0 Å². The van der Waals surface area contributed by atoms with Crippen molar-refractivity contribution in [3.63, 3.8) is 0 Å². The highest BCUT2D eigenvalue weighted by molar-refractivity contribution is 6.02. The van der Waals surface area contributed by atoms with Crippen LogP contribution < -0.4 is 10.2 Å². The summed E-state index contributed by atoms with van der Waals surface area (Å²) in [6, 6.07) is 14.4. The van der Waals surface area contributed by atoms with Crippen molar-refractivity contribution in [2.24, 2.45) is 0 Å². The first-order chi connectivity index (χ1) is 23.3. The number of carbonyl (C=O) groups is 1. The van der Waals surface area contributed by atoms with Crippen molar-refractivity contribution in [1.82, 2.24) is 20.3 Å². The Bertz CT molecular complexity index is 1620. The van der Waals surface area contributed by atoms with Crippen LogP contribution in [0.5, 0.6) is 0 Å². The smallest absolute Gasteiger partial charge is 0.262 e. The second-order valence-electron chi connectivity index (χ2n) is 13.9. The molecule has 49 heavy (non-hydrogen) atoms. The zero-order valence-electron chi connectivity index (χ0n) is 29.8. The van der Waals surface area contributed by atoms with Crippen molar-refractivity contribution in [3.8, 4) is 6.07 Å². The Kier molecular flexibility index (Phi) is 12.9. The highest BCUT2D eigenvalue weighted by Crippen LogP contribution is 2.27. The number of amides is 1. The predicted molar refractivity (Wildman–Crippen MR) is 188 cm³/mol. The molecule has 2 aromatic carbocycles. The lowest BCUT2D eigenvalue weighted by molar-refractivity contribution is -0.245. The average molecular weight is 677 g/mol. The van der Waals surface area contributed by atoms with Gasteiger partial charge < -0.3 is 34.6 Å². The van der Waals surface area contributed by atoms with Crippen molar-refractivity contribution in [3.05, 3.63) is 59.4 Å². The molecule has 1 aromatic heterocycles. The van der Waals surface area contributed by atoms with Crippen LogP contribution in [0.25, 0.3) is 16.8 Å². The van der Waals surface area contributed by atoms with Crippen molar-refractivity contribution < 1.29 is 29.2 Å². The van der Waals surface area contributed by atoms with Crippen LogP contribution in [-0.2, 0) is 31.2 Å². The third-order valence-electron chi connectivity index (χ3n) is 8.84.